The Bertz CT molecular complexity index is 504. The fraction of sp³-hybridized carbons (Fsp3) is 0.400. The molecule has 0 aliphatic rings. The zero-order chi connectivity index (χ0) is 13.7. The topological polar surface area (TPSA) is 44.5 Å². The second-order valence-corrected chi connectivity index (χ2v) is 4.26. The first kappa shape index (κ1) is 13.5. The van der Waals surface area contributed by atoms with E-state index in [4.69, 9.17) is 13.9 Å². The molecule has 0 spiro atoms. The minimum atomic E-state index is 0.189. The van der Waals surface area contributed by atoms with Gasteiger partial charge in [-0.15, -0.1) is 0 Å². The lowest BCUT2D eigenvalue weighted by Crippen LogP contribution is -2.14. The normalized spacial score (nSPS) is 10.7. The van der Waals surface area contributed by atoms with Crippen molar-refractivity contribution in [3.05, 3.63) is 30.7 Å². The molecule has 1 aromatic heterocycles. The van der Waals surface area contributed by atoms with Gasteiger partial charge in [-0.05, 0) is 31.0 Å². The minimum Gasteiger partial charge on any atom is -0.493 e. The predicted molar refractivity (Wildman–Crippen MR) is 73.5 cm³/mol. The molecule has 4 heteroatoms. The molecule has 102 valence electrons. The number of hydrogen-bond donors (Lipinski definition) is 0. The lowest BCUT2D eigenvalue weighted by Gasteiger charge is -2.18. The van der Waals surface area contributed by atoms with Crippen molar-refractivity contribution in [1.82, 2.24) is 4.98 Å². The molecule has 2 rings (SSSR count). The fourth-order valence-electron chi connectivity index (χ4n) is 1.90. The molecule has 0 saturated carbocycles. The Labute approximate surface area is 113 Å². The van der Waals surface area contributed by atoms with E-state index in [1.54, 1.807) is 19.6 Å². The molecule has 0 atom stereocenters. The maximum atomic E-state index is 5.98. The molecule has 1 heterocycles. The molecule has 0 fully saturated rings. The highest BCUT2D eigenvalue weighted by atomic mass is 16.5. The highest BCUT2D eigenvalue weighted by Gasteiger charge is 2.13. The fourth-order valence-corrected chi connectivity index (χ4v) is 1.90. The van der Waals surface area contributed by atoms with E-state index in [9.17, 15) is 0 Å². The maximum absolute atomic E-state index is 5.98. The molecule has 4 nitrogen and oxygen atoms in total. The van der Waals surface area contributed by atoms with E-state index in [2.05, 4.69) is 18.8 Å². The minimum absolute atomic E-state index is 0.189. The van der Waals surface area contributed by atoms with Crippen molar-refractivity contribution in [2.75, 3.05) is 7.11 Å². The van der Waals surface area contributed by atoms with Crippen molar-refractivity contribution in [2.24, 2.45) is 0 Å². The van der Waals surface area contributed by atoms with Gasteiger partial charge < -0.3 is 13.9 Å². The highest BCUT2D eigenvalue weighted by molar-refractivity contribution is 5.59. The van der Waals surface area contributed by atoms with Crippen LogP contribution in [0.4, 0.5) is 0 Å². The first-order valence-corrected chi connectivity index (χ1v) is 6.53. The van der Waals surface area contributed by atoms with E-state index in [1.165, 1.54) is 0 Å². The lowest BCUT2D eigenvalue weighted by molar-refractivity contribution is 0.185. The molecule has 0 unspecified atom stereocenters. The van der Waals surface area contributed by atoms with Gasteiger partial charge in [-0.1, -0.05) is 13.8 Å². The number of nitrogens with zero attached hydrogens (tertiary/aromatic N) is 1. The van der Waals surface area contributed by atoms with Gasteiger partial charge >= 0.3 is 0 Å². The Balaban J connectivity index is 2.31. The van der Waals surface area contributed by atoms with E-state index in [-0.39, 0.29) is 6.10 Å². The van der Waals surface area contributed by atoms with E-state index in [0.29, 0.717) is 5.89 Å². The van der Waals surface area contributed by atoms with Crippen molar-refractivity contribution in [3.63, 3.8) is 0 Å². The highest BCUT2D eigenvalue weighted by Crippen LogP contribution is 2.33. The zero-order valence-corrected chi connectivity index (χ0v) is 11.6. The molecule has 0 aliphatic heterocycles. The van der Waals surface area contributed by atoms with E-state index in [1.807, 2.05) is 18.2 Å². The van der Waals surface area contributed by atoms with Gasteiger partial charge in [0, 0.05) is 5.56 Å². The van der Waals surface area contributed by atoms with Crippen LogP contribution in [0.1, 0.15) is 26.7 Å². The van der Waals surface area contributed by atoms with Crippen molar-refractivity contribution in [3.8, 4) is 23.0 Å². The van der Waals surface area contributed by atoms with E-state index in [0.717, 1.165) is 29.9 Å². The van der Waals surface area contributed by atoms with Crippen LogP contribution in [0.15, 0.2) is 35.1 Å². The average molecular weight is 261 g/mol. The second-order valence-electron chi connectivity index (χ2n) is 4.26. The summed E-state index contributed by atoms with van der Waals surface area (Å²) in [6.45, 7) is 4.22. The molecule has 0 radical (unpaired) electrons. The summed E-state index contributed by atoms with van der Waals surface area (Å²) in [5.41, 5.74) is 0.881. The third kappa shape index (κ3) is 3.08. The Kier molecular flexibility index (Phi) is 4.44. The summed E-state index contributed by atoms with van der Waals surface area (Å²) < 4.78 is 16.6. The van der Waals surface area contributed by atoms with E-state index >= 15 is 0 Å². The Hall–Kier alpha value is -1.97. The molecule has 0 bridgehead atoms. The largest absolute Gasteiger partial charge is 0.493 e. The number of rotatable bonds is 6. The quantitative estimate of drug-likeness (QED) is 0.790. The summed E-state index contributed by atoms with van der Waals surface area (Å²) in [6, 6.07) is 5.69. The van der Waals surface area contributed by atoms with Crippen molar-refractivity contribution in [1.29, 1.82) is 0 Å². The van der Waals surface area contributed by atoms with Crippen molar-refractivity contribution in [2.45, 2.75) is 32.8 Å². The molecular weight excluding hydrogens is 242 g/mol. The summed E-state index contributed by atoms with van der Waals surface area (Å²) in [7, 11) is 1.64. The third-order valence-electron chi connectivity index (χ3n) is 3.05. The molecule has 0 aliphatic carbocycles. The first-order valence-electron chi connectivity index (χ1n) is 6.53. The average Bonchev–Trinajstić information content (AvgIpc) is 2.98. The second kappa shape index (κ2) is 6.27. The van der Waals surface area contributed by atoms with Crippen LogP contribution in [0.2, 0.25) is 0 Å². The van der Waals surface area contributed by atoms with Gasteiger partial charge in [-0.2, -0.15) is 0 Å². The summed E-state index contributed by atoms with van der Waals surface area (Å²) >= 11 is 0. The van der Waals surface area contributed by atoms with Crippen LogP contribution in [-0.2, 0) is 0 Å². The molecule has 0 amide bonds. The Morgan fingerprint density at radius 3 is 2.58 bits per heavy atom. The van der Waals surface area contributed by atoms with Gasteiger partial charge in [0.1, 0.15) is 6.26 Å². The Morgan fingerprint density at radius 1 is 1.21 bits per heavy atom. The summed E-state index contributed by atoms with van der Waals surface area (Å²) in [5.74, 6) is 2.03. The number of hydrogen-bond acceptors (Lipinski definition) is 4. The van der Waals surface area contributed by atoms with Crippen molar-refractivity contribution >= 4 is 0 Å². The number of methoxy groups -OCH3 is 1. The molecule has 2 aromatic rings. The van der Waals surface area contributed by atoms with Gasteiger partial charge in [0.25, 0.3) is 0 Å². The van der Waals surface area contributed by atoms with Gasteiger partial charge in [0.15, 0.2) is 11.5 Å². The monoisotopic (exact) mass is 261 g/mol. The van der Waals surface area contributed by atoms with Gasteiger partial charge in [0.2, 0.25) is 5.89 Å². The SMILES string of the molecule is CCC(CC)Oc1cc(-c2ncco2)ccc1OC. The van der Waals surface area contributed by atoms with Crippen LogP contribution in [0.25, 0.3) is 11.5 Å². The molecule has 0 saturated heterocycles. The van der Waals surface area contributed by atoms with Gasteiger partial charge in [0.05, 0.1) is 19.4 Å². The van der Waals surface area contributed by atoms with Gasteiger partial charge in [-0.3, -0.25) is 0 Å². The lowest BCUT2D eigenvalue weighted by atomic mass is 10.2. The van der Waals surface area contributed by atoms with Crippen LogP contribution in [0, 0.1) is 0 Å². The molecule has 19 heavy (non-hydrogen) atoms. The zero-order valence-electron chi connectivity index (χ0n) is 11.6. The van der Waals surface area contributed by atoms with E-state index < -0.39 is 0 Å². The standard InChI is InChI=1S/C15H19NO3/c1-4-12(5-2)19-14-10-11(6-7-13(14)17-3)15-16-8-9-18-15/h6-10,12H,4-5H2,1-3H3. The van der Waals surface area contributed by atoms with Crippen LogP contribution < -0.4 is 9.47 Å². The van der Waals surface area contributed by atoms with Crippen LogP contribution in [0.5, 0.6) is 11.5 Å². The number of benzene rings is 1. The Morgan fingerprint density at radius 2 is 2.00 bits per heavy atom. The maximum Gasteiger partial charge on any atom is 0.225 e. The summed E-state index contributed by atoms with van der Waals surface area (Å²) in [5, 5.41) is 0. The van der Waals surface area contributed by atoms with Crippen LogP contribution in [0.3, 0.4) is 0 Å². The number of aromatic nitrogens is 1. The predicted octanol–water partition coefficient (Wildman–Crippen LogP) is 3.92. The van der Waals surface area contributed by atoms with Gasteiger partial charge in [-0.25, -0.2) is 4.98 Å². The van der Waals surface area contributed by atoms with Crippen molar-refractivity contribution < 1.29 is 13.9 Å². The number of ether oxygens (including phenoxy) is 2. The smallest absolute Gasteiger partial charge is 0.225 e. The molecular formula is C15H19NO3. The first-order chi connectivity index (χ1) is 9.28. The third-order valence-corrected chi connectivity index (χ3v) is 3.05. The van der Waals surface area contributed by atoms with Crippen LogP contribution >= 0.6 is 0 Å². The molecule has 1 aromatic carbocycles. The summed E-state index contributed by atoms with van der Waals surface area (Å²) in [4.78, 5) is 4.14. The summed E-state index contributed by atoms with van der Waals surface area (Å²) in [6.07, 6.45) is 5.29. The van der Waals surface area contributed by atoms with Crippen LogP contribution in [-0.4, -0.2) is 18.2 Å². The molecule has 0 N–H and O–H groups in total. The number of oxazole rings is 1.